The molecular formula is C14H17ClN2. The summed E-state index contributed by atoms with van der Waals surface area (Å²) in [7, 11) is 1.92. The van der Waals surface area contributed by atoms with Crippen LogP contribution in [-0.2, 0) is 5.41 Å². The molecule has 3 heteroatoms. The minimum Gasteiger partial charge on any atom is -0.388 e. The zero-order chi connectivity index (χ0) is 12.6. The second kappa shape index (κ2) is 4.19. The van der Waals surface area contributed by atoms with Gasteiger partial charge in [-0.2, -0.15) is 0 Å². The maximum atomic E-state index is 6.22. The molecular weight excluding hydrogens is 232 g/mol. The molecule has 2 nitrogen and oxygen atoms in total. The molecule has 0 saturated heterocycles. The zero-order valence-electron chi connectivity index (χ0n) is 10.6. The van der Waals surface area contributed by atoms with Gasteiger partial charge in [-0.3, -0.25) is 4.98 Å². The first-order valence-electron chi connectivity index (χ1n) is 5.71. The maximum Gasteiger partial charge on any atom is 0.0912 e. The smallest absolute Gasteiger partial charge is 0.0912 e. The van der Waals surface area contributed by atoms with Gasteiger partial charge in [0, 0.05) is 29.2 Å². The maximum absolute atomic E-state index is 6.22. The third-order valence-electron chi connectivity index (χ3n) is 2.83. The van der Waals surface area contributed by atoms with Gasteiger partial charge in [-0.25, -0.2) is 0 Å². The molecule has 0 atom stereocenters. The van der Waals surface area contributed by atoms with Crippen molar-refractivity contribution >= 4 is 28.2 Å². The number of nitrogens with zero attached hydrogens (tertiary/aromatic N) is 1. The van der Waals surface area contributed by atoms with Gasteiger partial charge in [-0.15, -0.1) is 0 Å². The van der Waals surface area contributed by atoms with Gasteiger partial charge < -0.3 is 5.32 Å². The number of rotatable bonds is 1. The van der Waals surface area contributed by atoms with Gasteiger partial charge in [0.05, 0.1) is 10.5 Å². The largest absolute Gasteiger partial charge is 0.388 e. The van der Waals surface area contributed by atoms with Gasteiger partial charge in [0.2, 0.25) is 0 Å². The number of fused-ring (bicyclic) bond motifs is 1. The number of benzene rings is 1. The van der Waals surface area contributed by atoms with Crippen LogP contribution < -0.4 is 5.32 Å². The third-order valence-corrected chi connectivity index (χ3v) is 3.13. The number of hydrogen-bond donors (Lipinski definition) is 1. The van der Waals surface area contributed by atoms with E-state index < -0.39 is 0 Å². The molecule has 1 aromatic carbocycles. The highest BCUT2D eigenvalue weighted by Crippen LogP contribution is 2.32. The lowest BCUT2D eigenvalue weighted by Crippen LogP contribution is -2.14. The highest BCUT2D eigenvalue weighted by molar-refractivity contribution is 6.35. The van der Waals surface area contributed by atoms with E-state index in [0.29, 0.717) is 5.02 Å². The van der Waals surface area contributed by atoms with Crippen LogP contribution in [0.2, 0.25) is 5.02 Å². The van der Waals surface area contributed by atoms with Gasteiger partial charge >= 0.3 is 0 Å². The first-order chi connectivity index (χ1) is 7.93. The molecule has 0 spiro atoms. The summed E-state index contributed by atoms with van der Waals surface area (Å²) >= 11 is 6.22. The Balaban J connectivity index is 2.81. The van der Waals surface area contributed by atoms with Crippen LogP contribution in [0.3, 0.4) is 0 Å². The molecule has 0 bridgehead atoms. The van der Waals surface area contributed by atoms with Gasteiger partial charge in [-0.05, 0) is 12.1 Å². The Bertz CT molecular complexity index is 556. The van der Waals surface area contributed by atoms with Crippen molar-refractivity contribution in [1.29, 1.82) is 0 Å². The minimum atomic E-state index is 0.0129. The Labute approximate surface area is 107 Å². The Morgan fingerprint density at radius 3 is 2.53 bits per heavy atom. The van der Waals surface area contributed by atoms with E-state index in [9.17, 15) is 0 Å². The van der Waals surface area contributed by atoms with Gasteiger partial charge in [0.25, 0.3) is 0 Å². The highest BCUT2D eigenvalue weighted by Gasteiger charge is 2.18. The lowest BCUT2D eigenvalue weighted by atomic mass is 9.91. The fraction of sp³-hybridized carbons (Fsp3) is 0.357. The second-order valence-corrected chi connectivity index (χ2v) is 5.60. The van der Waals surface area contributed by atoms with Crippen LogP contribution in [0.25, 0.3) is 10.9 Å². The Morgan fingerprint density at radius 2 is 1.94 bits per heavy atom. The summed E-state index contributed by atoms with van der Waals surface area (Å²) in [6.07, 6.45) is 0. The highest BCUT2D eigenvalue weighted by atomic mass is 35.5. The van der Waals surface area contributed by atoms with E-state index >= 15 is 0 Å². The SMILES string of the molecule is CNc1cc(C(C)(C)C)nc2c(Cl)cccc12. The molecule has 17 heavy (non-hydrogen) atoms. The Kier molecular flexibility index (Phi) is 3.00. The topological polar surface area (TPSA) is 24.9 Å². The average Bonchev–Trinajstić information content (AvgIpc) is 2.27. The van der Waals surface area contributed by atoms with Crippen molar-refractivity contribution in [2.75, 3.05) is 12.4 Å². The predicted molar refractivity (Wildman–Crippen MR) is 75.0 cm³/mol. The third kappa shape index (κ3) is 2.22. The number of pyridine rings is 1. The summed E-state index contributed by atoms with van der Waals surface area (Å²) in [6.45, 7) is 6.45. The van der Waals surface area contributed by atoms with Gasteiger partial charge in [0.15, 0.2) is 0 Å². The van der Waals surface area contributed by atoms with Crippen molar-refractivity contribution in [2.24, 2.45) is 0 Å². The van der Waals surface area contributed by atoms with E-state index in [2.05, 4.69) is 37.1 Å². The molecule has 2 rings (SSSR count). The summed E-state index contributed by atoms with van der Waals surface area (Å²) in [5, 5.41) is 4.97. The lowest BCUT2D eigenvalue weighted by molar-refractivity contribution is 0.572. The molecule has 0 aliphatic carbocycles. The number of nitrogens with one attached hydrogen (secondary N) is 1. The van der Waals surface area contributed by atoms with Crippen molar-refractivity contribution in [3.8, 4) is 0 Å². The first-order valence-corrected chi connectivity index (χ1v) is 6.09. The van der Waals surface area contributed by atoms with E-state index in [0.717, 1.165) is 22.3 Å². The van der Waals surface area contributed by atoms with Gasteiger partial charge in [0.1, 0.15) is 0 Å². The molecule has 0 saturated carbocycles. The van der Waals surface area contributed by atoms with Crippen LogP contribution >= 0.6 is 11.6 Å². The minimum absolute atomic E-state index is 0.0129. The molecule has 0 unspecified atom stereocenters. The number of para-hydroxylation sites is 1. The molecule has 0 amide bonds. The summed E-state index contributed by atoms with van der Waals surface area (Å²) in [4.78, 5) is 4.68. The zero-order valence-corrected chi connectivity index (χ0v) is 11.4. The summed E-state index contributed by atoms with van der Waals surface area (Å²) in [6, 6.07) is 7.96. The average molecular weight is 249 g/mol. The molecule has 1 N–H and O–H groups in total. The quantitative estimate of drug-likeness (QED) is 0.817. The lowest BCUT2D eigenvalue weighted by Gasteiger charge is -2.20. The predicted octanol–water partition coefficient (Wildman–Crippen LogP) is 4.23. The molecule has 1 heterocycles. The number of anilines is 1. The van der Waals surface area contributed by atoms with Crippen molar-refractivity contribution in [3.63, 3.8) is 0 Å². The van der Waals surface area contributed by atoms with E-state index in [4.69, 9.17) is 11.6 Å². The number of halogens is 1. The molecule has 0 aliphatic rings. The van der Waals surface area contributed by atoms with Crippen molar-refractivity contribution in [3.05, 3.63) is 35.0 Å². The van der Waals surface area contributed by atoms with Gasteiger partial charge in [-0.1, -0.05) is 44.5 Å². The second-order valence-electron chi connectivity index (χ2n) is 5.19. The molecule has 1 aromatic heterocycles. The van der Waals surface area contributed by atoms with Crippen LogP contribution in [0, 0.1) is 0 Å². The number of aromatic nitrogens is 1. The molecule has 0 aliphatic heterocycles. The van der Waals surface area contributed by atoms with Crippen molar-refractivity contribution < 1.29 is 0 Å². The summed E-state index contributed by atoms with van der Waals surface area (Å²) in [5.74, 6) is 0. The van der Waals surface area contributed by atoms with E-state index in [-0.39, 0.29) is 5.41 Å². The molecule has 2 aromatic rings. The first kappa shape index (κ1) is 12.2. The molecule has 0 radical (unpaired) electrons. The van der Waals surface area contributed by atoms with Crippen LogP contribution in [0.15, 0.2) is 24.3 Å². The number of hydrogen-bond acceptors (Lipinski definition) is 2. The van der Waals surface area contributed by atoms with Crippen molar-refractivity contribution in [2.45, 2.75) is 26.2 Å². The Morgan fingerprint density at radius 1 is 1.24 bits per heavy atom. The fourth-order valence-corrected chi connectivity index (χ4v) is 2.02. The fourth-order valence-electron chi connectivity index (χ4n) is 1.80. The Hall–Kier alpha value is -1.28. The van der Waals surface area contributed by atoms with Crippen LogP contribution in [0.5, 0.6) is 0 Å². The molecule has 0 fully saturated rings. The van der Waals surface area contributed by atoms with Crippen LogP contribution in [0.4, 0.5) is 5.69 Å². The normalized spacial score (nSPS) is 11.8. The monoisotopic (exact) mass is 248 g/mol. The van der Waals surface area contributed by atoms with E-state index in [1.54, 1.807) is 0 Å². The van der Waals surface area contributed by atoms with Crippen molar-refractivity contribution in [1.82, 2.24) is 4.98 Å². The summed E-state index contributed by atoms with van der Waals surface area (Å²) < 4.78 is 0. The van der Waals surface area contributed by atoms with E-state index in [1.165, 1.54) is 0 Å². The van der Waals surface area contributed by atoms with Crippen LogP contribution in [0.1, 0.15) is 26.5 Å². The standard InChI is InChI=1S/C14H17ClN2/c1-14(2,3)12-8-11(16-4)9-6-5-7-10(15)13(9)17-12/h5-8H,1-4H3,(H,16,17). The van der Waals surface area contributed by atoms with E-state index in [1.807, 2.05) is 25.2 Å². The summed E-state index contributed by atoms with van der Waals surface area (Å²) in [5.41, 5.74) is 3.00. The molecule has 90 valence electrons. The van der Waals surface area contributed by atoms with Crippen LogP contribution in [-0.4, -0.2) is 12.0 Å².